The molecule has 0 spiro atoms. The van der Waals surface area contributed by atoms with Crippen LogP contribution in [0.4, 0.5) is 0 Å². The number of imidazole rings is 1. The zero-order chi connectivity index (χ0) is 13.4. The van der Waals surface area contributed by atoms with Crippen LogP contribution in [0.25, 0.3) is 11.3 Å². The normalized spacial score (nSPS) is 13.8. The lowest BCUT2D eigenvalue weighted by atomic mass is 10.0. The monoisotopic (exact) mass is 255 g/mol. The molecule has 0 saturated heterocycles. The van der Waals surface area contributed by atoms with E-state index in [1.807, 2.05) is 0 Å². The lowest BCUT2D eigenvalue weighted by molar-refractivity contribution is 0.685. The van der Waals surface area contributed by atoms with E-state index in [4.69, 9.17) is 10.7 Å². The molecule has 1 aliphatic heterocycles. The Bertz CT molecular complexity index is 611. The van der Waals surface area contributed by atoms with Gasteiger partial charge in [0.25, 0.3) is 0 Å². The third kappa shape index (κ3) is 2.08. The number of fused-ring (bicyclic) bond motifs is 1. The lowest BCUT2D eigenvalue weighted by Gasteiger charge is -2.06. The van der Waals surface area contributed by atoms with Crippen molar-refractivity contribution in [1.29, 1.82) is 0 Å². The molecule has 100 valence electrons. The van der Waals surface area contributed by atoms with Gasteiger partial charge in [0.05, 0.1) is 5.69 Å². The molecule has 2 aromatic rings. The maximum atomic E-state index is 5.70. The number of benzene rings is 1. The molecule has 19 heavy (non-hydrogen) atoms. The van der Waals surface area contributed by atoms with Gasteiger partial charge in [-0.05, 0) is 44.9 Å². The molecule has 0 radical (unpaired) electrons. The minimum atomic E-state index is 0.669. The van der Waals surface area contributed by atoms with Gasteiger partial charge < -0.3 is 10.3 Å². The van der Waals surface area contributed by atoms with Gasteiger partial charge >= 0.3 is 0 Å². The van der Waals surface area contributed by atoms with Gasteiger partial charge in [-0.3, -0.25) is 0 Å². The molecular weight excluding hydrogens is 234 g/mol. The average molecular weight is 255 g/mol. The van der Waals surface area contributed by atoms with E-state index in [0.717, 1.165) is 25.2 Å². The Kier molecular flexibility index (Phi) is 3.15. The van der Waals surface area contributed by atoms with Crippen LogP contribution in [-0.4, -0.2) is 16.1 Å². The van der Waals surface area contributed by atoms with E-state index in [0.29, 0.717) is 6.54 Å². The summed E-state index contributed by atoms with van der Waals surface area (Å²) < 4.78 is 2.38. The number of nitrogens with two attached hydrogens (primary N) is 1. The van der Waals surface area contributed by atoms with Gasteiger partial charge in [0.2, 0.25) is 0 Å². The molecule has 0 amide bonds. The largest absolute Gasteiger partial charge is 0.331 e. The standard InChI is InChI=1S/C16H21N3/c1-11-5-6-12(2)13(10-11)16-14-4-3-9-19(14)15(18-16)7-8-17/h5-6,10H,3-4,7-9,17H2,1-2H3. The zero-order valence-corrected chi connectivity index (χ0v) is 11.7. The van der Waals surface area contributed by atoms with Gasteiger partial charge in [0.15, 0.2) is 0 Å². The highest BCUT2D eigenvalue weighted by atomic mass is 15.1. The van der Waals surface area contributed by atoms with Crippen LogP contribution in [0, 0.1) is 13.8 Å². The first-order valence-electron chi connectivity index (χ1n) is 7.06. The molecule has 1 aliphatic rings. The second-order valence-electron chi connectivity index (χ2n) is 5.44. The van der Waals surface area contributed by atoms with Crippen molar-refractivity contribution >= 4 is 0 Å². The molecule has 2 N–H and O–H groups in total. The number of nitrogens with zero attached hydrogens (tertiary/aromatic N) is 2. The minimum Gasteiger partial charge on any atom is -0.331 e. The first-order valence-corrected chi connectivity index (χ1v) is 7.06. The summed E-state index contributed by atoms with van der Waals surface area (Å²) in [5, 5.41) is 0. The number of rotatable bonds is 3. The second kappa shape index (κ2) is 4.82. The molecule has 3 heteroatoms. The predicted octanol–water partition coefficient (Wildman–Crippen LogP) is 2.61. The van der Waals surface area contributed by atoms with Crippen LogP contribution in [-0.2, 0) is 19.4 Å². The van der Waals surface area contributed by atoms with Crippen molar-refractivity contribution in [1.82, 2.24) is 9.55 Å². The van der Waals surface area contributed by atoms with E-state index in [9.17, 15) is 0 Å². The highest BCUT2D eigenvalue weighted by Gasteiger charge is 2.22. The van der Waals surface area contributed by atoms with E-state index < -0.39 is 0 Å². The summed E-state index contributed by atoms with van der Waals surface area (Å²) in [4.78, 5) is 4.88. The maximum Gasteiger partial charge on any atom is 0.110 e. The summed E-state index contributed by atoms with van der Waals surface area (Å²) in [6.45, 7) is 6.07. The Labute approximate surface area is 114 Å². The van der Waals surface area contributed by atoms with Crippen molar-refractivity contribution in [2.24, 2.45) is 5.73 Å². The van der Waals surface area contributed by atoms with Crippen molar-refractivity contribution in [2.45, 2.75) is 39.7 Å². The molecule has 0 fully saturated rings. The summed E-state index contributed by atoms with van der Waals surface area (Å²) in [7, 11) is 0. The third-order valence-electron chi connectivity index (χ3n) is 3.96. The van der Waals surface area contributed by atoms with Crippen LogP contribution in [0.2, 0.25) is 0 Å². The second-order valence-corrected chi connectivity index (χ2v) is 5.44. The molecule has 0 unspecified atom stereocenters. The molecule has 0 saturated carbocycles. The number of hydrogen-bond donors (Lipinski definition) is 1. The summed E-state index contributed by atoms with van der Waals surface area (Å²) in [6.07, 6.45) is 3.24. The Hall–Kier alpha value is -1.61. The predicted molar refractivity (Wildman–Crippen MR) is 78.2 cm³/mol. The van der Waals surface area contributed by atoms with Gasteiger partial charge in [-0.1, -0.05) is 17.7 Å². The molecule has 1 aromatic carbocycles. The quantitative estimate of drug-likeness (QED) is 0.916. The van der Waals surface area contributed by atoms with Crippen LogP contribution in [0.5, 0.6) is 0 Å². The first-order chi connectivity index (χ1) is 9.20. The molecule has 3 rings (SSSR count). The van der Waals surface area contributed by atoms with Crippen LogP contribution >= 0.6 is 0 Å². The summed E-state index contributed by atoms with van der Waals surface area (Å²) in [5.74, 6) is 1.16. The first kappa shape index (κ1) is 12.4. The number of hydrogen-bond acceptors (Lipinski definition) is 2. The SMILES string of the molecule is Cc1ccc(C)c(-c2nc(CCN)n3c2CCC3)c1. The van der Waals surface area contributed by atoms with Crippen LogP contribution in [0.3, 0.4) is 0 Å². The van der Waals surface area contributed by atoms with E-state index in [-0.39, 0.29) is 0 Å². The molecule has 0 bridgehead atoms. The molecule has 0 aliphatic carbocycles. The van der Waals surface area contributed by atoms with E-state index in [1.165, 1.54) is 34.5 Å². The van der Waals surface area contributed by atoms with E-state index in [2.05, 4.69) is 36.6 Å². The number of aryl methyl sites for hydroxylation is 2. The van der Waals surface area contributed by atoms with Crippen molar-refractivity contribution in [3.63, 3.8) is 0 Å². The smallest absolute Gasteiger partial charge is 0.110 e. The highest BCUT2D eigenvalue weighted by molar-refractivity contribution is 5.67. The van der Waals surface area contributed by atoms with Crippen molar-refractivity contribution in [2.75, 3.05) is 6.54 Å². The highest BCUT2D eigenvalue weighted by Crippen LogP contribution is 2.32. The van der Waals surface area contributed by atoms with Gasteiger partial charge in [0.1, 0.15) is 5.82 Å². The summed E-state index contributed by atoms with van der Waals surface area (Å²) in [5.41, 5.74) is 12.2. The fourth-order valence-electron chi connectivity index (χ4n) is 2.99. The molecule has 0 atom stereocenters. The Morgan fingerprint density at radius 3 is 2.95 bits per heavy atom. The topological polar surface area (TPSA) is 43.8 Å². The van der Waals surface area contributed by atoms with Gasteiger partial charge in [-0.15, -0.1) is 0 Å². The summed E-state index contributed by atoms with van der Waals surface area (Å²) in [6, 6.07) is 6.60. The van der Waals surface area contributed by atoms with Crippen LogP contribution in [0.15, 0.2) is 18.2 Å². The lowest BCUT2D eigenvalue weighted by Crippen LogP contribution is -2.08. The van der Waals surface area contributed by atoms with Crippen LogP contribution in [0.1, 0.15) is 29.1 Å². The molecular formula is C16H21N3. The Balaban J connectivity index is 2.15. The fraction of sp³-hybridized carbons (Fsp3) is 0.438. The van der Waals surface area contributed by atoms with E-state index >= 15 is 0 Å². The van der Waals surface area contributed by atoms with Crippen LogP contribution < -0.4 is 5.73 Å². The average Bonchev–Trinajstić information content (AvgIpc) is 2.97. The van der Waals surface area contributed by atoms with E-state index in [1.54, 1.807) is 0 Å². The van der Waals surface area contributed by atoms with Crippen molar-refractivity contribution in [3.8, 4) is 11.3 Å². The number of aromatic nitrogens is 2. The fourth-order valence-corrected chi connectivity index (χ4v) is 2.99. The molecule has 1 aromatic heterocycles. The Morgan fingerprint density at radius 1 is 1.32 bits per heavy atom. The maximum absolute atomic E-state index is 5.70. The van der Waals surface area contributed by atoms with Gasteiger partial charge in [0, 0.05) is 24.2 Å². The van der Waals surface area contributed by atoms with Crippen molar-refractivity contribution < 1.29 is 0 Å². The molecule has 3 nitrogen and oxygen atoms in total. The molecule has 2 heterocycles. The van der Waals surface area contributed by atoms with Crippen molar-refractivity contribution in [3.05, 3.63) is 40.8 Å². The summed E-state index contributed by atoms with van der Waals surface area (Å²) >= 11 is 0. The zero-order valence-electron chi connectivity index (χ0n) is 11.7. The van der Waals surface area contributed by atoms with Gasteiger partial charge in [-0.25, -0.2) is 4.98 Å². The third-order valence-corrected chi connectivity index (χ3v) is 3.96. The van der Waals surface area contributed by atoms with Gasteiger partial charge in [-0.2, -0.15) is 0 Å². The minimum absolute atomic E-state index is 0.669. The Morgan fingerprint density at radius 2 is 2.16 bits per heavy atom.